The average molecular weight is 471 g/mol. The maximum absolute atomic E-state index is 12.5. The number of rotatable bonds is 7. The van der Waals surface area contributed by atoms with Gasteiger partial charge in [-0.3, -0.25) is 4.79 Å². The summed E-state index contributed by atoms with van der Waals surface area (Å²) in [6.07, 6.45) is 8.17. The molecule has 6 heteroatoms. The molecule has 1 heterocycles. The van der Waals surface area contributed by atoms with E-state index in [2.05, 4.69) is 6.08 Å². The summed E-state index contributed by atoms with van der Waals surface area (Å²) in [6, 6.07) is 5.70. The topological polar surface area (TPSA) is 70.1 Å². The van der Waals surface area contributed by atoms with E-state index in [0.717, 1.165) is 57.2 Å². The Balaban J connectivity index is 1.68. The smallest absolute Gasteiger partial charge is 0.410 e. The Morgan fingerprint density at radius 1 is 1.12 bits per heavy atom. The third kappa shape index (κ3) is 6.55. The molecule has 34 heavy (non-hydrogen) atoms. The SMILES string of the molecule is CCN(CC)C(=O)CCCCC1=CC2(CCN(C(=O)OC(C)(C)C)CC2)Cc2ccc(O)cc21. The first-order chi connectivity index (χ1) is 16.1. The molecule has 1 aromatic rings. The molecule has 188 valence electrons. The molecule has 1 fully saturated rings. The van der Waals surface area contributed by atoms with Crippen LogP contribution in [0.25, 0.3) is 5.57 Å². The number of hydrogen-bond donors (Lipinski definition) is 1. The summed E-state index contributed by atoms with van der Waals surface area (Å²) in [4.78, 5) is 28.6. The average Bonchev–Trinajstić information content (AvgIpc) is 2.77. The maximum Gasteiger partial charge on any atom is 0.410 e. The van der Waals surface area contributed by atoms with Crippen LogP contribution in [0.5, 0.6) is 5.75 Å². The summed E-state index contributed by atoms with van der Waals surface area (Å²) in [5, 5.41) is 10.1. The number of fused-ring (bicyclic) bond motifs is 1. The highest BCUT2D eigenvalue weighted by molar-refractivity contribution is 5.76. The summed E-state index contributed by atoms with van der Waals surface area (Å²) in [5.41, 5.74) is 3.20. The van der Waals surface area contributed by atoms with Gasteiger partial charge in [0.05, 0.1) is 0 Å². The maximum atomic E-state index is 12.5. The minimum atomic E-state index is -0.488. The molecule has 0 saturated carbocycles. The van der Waals surface area contributed by atoms with Gasteiger partial charge in [-0.1, -0.05) is 12.1 Å². The van der Waals surface area contributed by atoms with Gasteiger partial charge in [0.2, 0.25) is 5.91 Å². The molecule has 1 spiro atoms. The van der Waals surface area contributed by atoms with Crippen molar-refractivity contribution in [3.8, 4) is 5.75 Å². The van der Waals surface area contributed by atoms with Gasteiger partial charge in [-0.2, -0.15) is 0 Å². The van der Waals surface area contributed by atoms with E-state index in [4.69, 9.17) is 4.74 Å². The molecule has 0 aromatic heterocycles. The van der Waals surface area contributed by atoms with E-state index in [1.807, 2.05) is 56.6 Å². The number of nitrogens with zero attached hydrogens (tertiary/aromatic N) is 2. The Hall–Kier alpha value is -2.50. The number of phenols is 1. The normalized spacial score (nSPS) is 17.2. The second kappa shape index (κ2) is 10.8. The van der Waals surface area contributed by atoms with Crippen LogP contribution in [-0.2, 0) is 16.0 Å². The highest BCUT2D eigenvalue weighted by Crippen LogP contribution is 2.46. The summed E-state index contributed by atoms with van der Waals surface area (Å²) < 4.78 is 5.57. The molecule has 1 aliphatic carbocycles. The lowest BCUT2D eigenvalue weighted by molar-refractivity contribution is -0.130. The van der Waals surface area contributed by atoms with Crippen molar-refractivity contribution in [2.75, 3.05) is 26.2 Å². The van der Waals surface area contributed by atoms with Crippen LogP contribution in [0.1, 0.15) is 84.3 Å². The number of hydrogen-bond acceptors (Lipinski definition) is 4. The fourth-order valence-corrected chi connectivity index (χ4v) is 5.21. The number of piperidine rings is 1. The van der Waals surface area contributed by atoms with Crippen LogP contribution in [0.4, 0.5) is 4.79 Å². The molecule has 0 radical (unpaired) electrons. The number of likely N-dealkylation sites (tertiary alicyclic amines) is 1. The first-order valence-electron chi connectivity index (χ1n) is 12.9. The lowest BCUT2D eigenvalue weighted by atomic mass is 9.67. The van der Waals surface area contributed by atoms with Crippen molar-refractivity contribution in [1.29, 1.82) is 0 Å². The van der Waals surface area contributed by atoms with E-state index in [0.29, 0.717) is 19.5 Å². The zero-order chi connectivity index (χ0) is 24.9. The Morgan fingerprint density at radius 3 is 2.41 bits per heavy atom. The first-order valence-corrected chi connectivity index (χ1v) is 12.9. The van der Waals surface area contributed by atoms with Crippen LogP contribution < -0.4 is 0 Å². The van der Waals surface area contributed by atoms with Gasteiger partial charge < -0.3 is 19.6 Å². The van der Waals surface area contributed by atoms with Crippen molar-refractivity contribution < 1.29 is 19.4 Å². The molecule has 1 saturated heterocycles. The highest BCUT2D eigenvalue weighted by Gasteiger charge is 2.38. The van der Waals surface area contributed by atoms with Crippen molar-refractivity contribution in [2.45, 2.75) is 85.2 Å². The van der Waals surface area contributed by atoms with Crippen LogP contribution in [0.15, 0.2) is 24.3 Å². The first kappa shape index (κ1) is 26.1. The summed E-state index contributed by atoms with van der Waals surface area (Å²) in [7, 11) is 0. The van der Waals surface area contributed by atoms with Gasteiger partial charge in [0, 0.05) is 32.6 Å². The Kier molecular flexibility index (Phi) is 8.32. The largest absolute Gasteiger partial charge is 0.508 e. The molecule has 0 unspecified atom stereocenters. The number of phenolic OH excluding ortho intramolecular Hbond substituents is 1. The van der Waals surface area contributed by atoms with E-state index in [1.165, 1.54) is 11.1 Å². The highest BCUT2D eigenvalue weighted by atomic mass is 16.6. The standard InChI is InChI=1S/C28H42N2O4/c1-6-29(7-2)25(32)11-9-8-10-21-19-28(20-22-12-13-23(31)18-24(21)22)14-16-30(17-15-28)26(33)34-27(3,4)5/h12-13,18-19,31H,6-11,14-17,20H2,1-5H3. The number of allylic oxidation sites excluding steroid dienone is 2. The number of unbranched alkanes of at least 4 members (excludes halogenated alkanes) is 1. The molecule has 2 amide bonds. The monoisotopic (exact) mass is 470 g/mol. The van der Waals surface area contributed by atoms with E-state index in [1.54, 1.807) is 6.07 Å². The van der Waals surface area contributed by atoms with E-state index in [9.17, 15) is 14.7 Å². The third-order valence-electron chi connectivity index (χ3n) is 7.08. The van der Waals surface area contributed by atoms with Gasteiger partial charge in [0.15, 0.2) is 0 Å². The quantitative estimate of drug-likeness (QED) is 0.513. The molecule has 0 bridgehead atoms. The lowest BCUT2D eigenvalue weighted by Gasteiger charge is -2.43. The zero-order valence-corrected chi connectivity index (χ0v) is 21.7. The van der Waals surface area contributed by atoms with Gasteiger partial charge >= 0.3 is 6.09 Å². The van der Waals surface area contributed by atoms with Crippen LogP contribution in [0.2, 0.25) is 0 Å². The zero-order valence-electron chi connectivity index (χ0n) is 21.7. The van der Waals surface area contributed by atoms with E-state index < -0.39 is 5.60 Å². The second-order valence-corrected chi connectivity index (χ2v) is 10.8. The van der Waals surface area contributed by atoms with E-state index in [-0.39, 0.29) is 23.2 Å². The fourth-order valence-electron chi connectivity index (χ4n) is 5.21. The number of amides is 2. The number of benzene rings is 1. The predicted octanol–water partition coefficient (Wildman–Crippen LogP) is 5.78. The van der Waals surface area contributed by atoms with Crippen molar-refractivity contribution in [3.63, 3.8) is 0 Å². The Labute approximate surface area is 205 Å². The summed E-state index contributed by atoms with van der Waals surface area (Å²) in [6.45, 7) is 12.6. The molecular weight excluding hydrogens is 428 g/mol. The minimum Gasteiger partial charge on any atom is -0.508 e. The van der Waals surface area contributed by atoms with E-state index >= 15 is 0 Å². The van der Waals surface area contributed by atoms with Gasteiger partial charge in [0.1, 0.15) is 11.4 Å². The molecule has 2 aliphatic rings. The van der Waals surface area contributed by atoms with Crippen LogP contribution in [0, 0.1) is 5.41 Å². The number of carbonyl (C=O) groups excluding carboxylic acids is 2. The second-order valence-electron chi connectivity index (χ2n) is 10.8. The number of ether oxygens (including phenoxy) is 1. The van der Waals surface area contributed by atoms with Crippen molar-refractivity contribution in [1.82, 2.24) is 9.80 Å². The van der Waals surface area contributed by atoms with Gasteiger partial charge in [0.25, 0.3) is 0 Å². The summed E-state index contributed by atoms with van der Waals surface area (Å²) in [5.74, 6) is 0.517. The molecular formula is C28H42N2O4. The predicted molar refractivity (Wildman–Crippen MR) is 136 cm³/mol. The third-order valence-corrected chi connectivity index (χ3v) is 7.08. The van der Waals surface area contributed by atoms with Crippen molar-refractivity contribution >= 4 is 17.6 Å². The lowest BCUT2D eigenvalue weighted by Crippen LogP contribution is -2.46. The molecule has 0 atom stereocenters. The van der Waals surface area contributed by atoms with Gasteiger partial charge in [-0.15, -0.1) is 0 Å². The van der Waals surface area contributed by atoms with Gasteiger partial charge in [-0.05, 0) is 107 Å². The number of aromatic hydroxyl groups is 1. The summed E-state index contributed by atoms with van der Waals surface area (Å²) >= 11 is 0. The number of carbonyl (C=O) groups is 2. The van der Waals surface area contributed by atoms with Crippen LogP contribution in [0.3, 0.4) is 0 Å². The minimum absolute atomic E-state index is 0.0227. The van der Waals surface area contributed by atoms with Crippen LogP contribution >= 0.6 is 0 Å². The van der Waals surface area contributed by atoms with Crippen molar-refractivity contribution in [2.24, 2.45) is 5.41 Å². The molecule has 1 aliphatic heterocycles. The molecule has 1 N–H and O–H groups in total. The molecule has 3 rings (SSSR count). The van der Waals surface area contributed by atoms with Crippen molar-refractivity contribution in [3.05, 3.63) is 35.4 Å². The fraction of sp³-hybridized carbons (Fsp3) is 0.643. The Bertz CT molecular complexity index is 903. The Morgan fingerprint density at radius 2 is 1.79 bits per heavy atom. The van der Waals surface area contributed by atoms with Crippen LogP contribution in [-0.4, -0.2) is 58.7 Å². The molecule has 1 aromatic carbocycles. The van der Waals surface area contributed by atoms with Gasteiger partial charge in [-0.25, -0.2) is 4.79 Å². The molecule has 6 nitrogen and oxygen atoms in total.